The molecular formula is C16H23NS. The van der Waals surface area contributed by atoms with Crippen molar-refractivity contribution in [2.75, 3.05) is 7.05 Å². The smallest absolute Gasteiger partial charge is 0.0138 e. The molecule has 1 aromatic rings. The molecule has 0 radical (unpaired) electrons. The minimum absolute atomic E-state index is 0.775. The van der Waals surface area contributed by atoms with Gasteiger partial charge in [0, 0.05) is 16.2 Å². The first-order valence-corrected chi connectivity index (χ1v) is 8.15. The minimum Gasteiger partial charge on any atom is -0.317 e. The van der Waals surface area contributed by atoms with Crippen molar-refractivity contribution in [2.45, 2.75) is 54.7 Å². The van der Waals surface area contributed by atoms with Gasteiger partial charge in [-0.05, 0) is 50.3 Å². The van der Waals surface area contributed by atoms with Crippen LogP contribution in [0.5, 0.6) is 0 Å². The average Bonchev–Trinajstić information content (AvgIpc) is 2.81. The van der Waals surface area contributed by atoms with Gasteiger partial charge in [-0.15, -0.1) is 11.8 Å². The first-order chi connectivity index (χ1) is 8.85. The number of benzene rings is 1. The van der Waals surface area contributed by atoms with Gasteiger partial charge in [0.05, 0.1) is 0 Å². The SMILES string of the molecule is CNC1CCCC(CC2Cc3ccccc3S2)C1. The molecule has 1 aliphatic carbocycles. The largest absolute Gasteiger partial charge is 0.317 e. The van der Waals surface area contributed by atoms with Crippen molar-refractivity contribution in [2.24, 2.45) is 5.92 Å². The molecule has 1 nitrogen and oxygen atoms in total. The van der Waals surface area contributed by atoms with E-state index in [4.69, 9.17) is 0 Å². The normalized spacial score (nSPS) is 31.3. The molecular weight excluding hydrogens is 238 g/mol. The van der Waals surface area contributed by atoms with Gasteiger partial charge in [-0.3, -0.25) is 0 Å². The van der Waals surface area contributed by atoms with E-state index in [1.54, 1.807) is 5.56 Å². The maximum atomic E-state index is 3.47. The molecule has 1 aromatic carbocycles. The fourth-order valence-electron chi connectivity index (χ4n) is 3.52. The van der Waals surface area contributed by atoms with Crippen LogP contribution in [0, 0.1) is 5.92 Å². The molecule has 2 aliphatic rings. The predicted octanol–water partition coefficient (Wildman–Crippen LogP) is 3.87. The first kappa shape index (κ1) is 12.6. The monoisotopic (exact) mass is 261 g/mol. The molecule has 0 spiro atoms. The van der Waals surface area contributed by atoms with Crippen LogP contribution in [-0.2, 0) is 6.42 Å². The summed E-state index contributed by atoms with van der Waals surface area (Å²) in [7, 11) is 2.12. The zero-order valence-corrected chi connectivity index (χ0v) is 12.0. The number of rotatable bonds is 3. The molecule has 1 heterocycles. The number of hydrogen-bond donors (Lipinski definition) is 1. The lowest BCUT2D eigenvalue weighted by atomic mass is 9.82. The summed E-state index contributed by atoms with van der Waals surface area (Å²) in [4.78, 5) is 1.53. The summed E-state index contributed by atoms with van der Waals surface area (Å²) in [5.41, 5.74) is 1.58. The van der Waals surface area contributed by atoms with Gasteiger partial charge < -0.3 is 5.32 Å². The maximum absolute atomic E-state index is 3.47. The molecule has 3 atom stereocenters. The first-order valence-electron chi connectivity index (χ1n) is 7.27. The van der Waals surface area contributed by atoms with E-state index in [1.165, 1.54) is 43.4 Å². The number of fused-ring (bicyclic) bond motifs is 1. The Kier molecular flexibility index (Phi) is 3.95. The zero-order chi connectivity index (χ0) is 12.4. The van der Waals surface area contributed by atoms with Crippen LogP contribution < -0.4 is 5.32 Å². The van der Waals surface area contributed by atoms with Crippen LogP contribution in [0.3, 0.4) is 0 Å². The molecule has 0 bridgehead atoms. The molecule has 1 fully saturated rings. The molecule has 3 unspecified atom stereocenters. The lowest BCUT2D eigenvalue weighted by Gasteiger charge is -2.30. The van der Waals surface area contributed by atoms with Gasteiger partial charge in [-0.25, -0.2) is 0 Å². The molecule has 3 rings (SSSR count). The average molecular weight is 261 g/mol. The van der Waals surface area contributed by atoms with Gasteiger partial charge in [0.25, 0.3) is 0 Å². The summed E-state index contributed by atoms with van der Waals surface area (Å²) in [5, 5.41) is 4.31. The summed E-state index contributed by atoms with van der Waals surface area (Å²) < 4.78 is 0. The van der Waals surface area contributed by atoms with E-state index in [9.17, 15) is 0 Å². The zero-order valence-electron chi connectivity index (χ0n) is 11.2. The van der Waals surface area contributed by atoms with E-state index in [0.717, 1.165) is 17.2 Å². The Morgan fingerprint density at radius 2 is 2.17 bits per heavy atom. The highest BCUT2D eigenvalue weighted by Crippen LogP contribution is 2.41. The molecule has 1 saturated carbocycles. The molecule has 1 N–H and O–H groups in total. The van der Waals surface area contributed by atoms with Crippen molar-refractivity contribution in [1.29, 1.82) is 0 Å². The van der Waals surface area contributed by atoms with Gasteiger partial charge >= 0.3 is 0 Å². The van der Waals surface area contributed by atoms with E-state index in [0.29, 0.717) is 0 Å². The standard InChI is InChI=1S/C16H23NS/c1-17-14-7-4-5-12(9-14)10-15-11-13-6-2-3-8-16(13)18-15/h2-3,6,8,12,14-15,17H,4-5,7,9-11H2,1H3. The highest BCUT2D eigenvalue weighted by atomic mass is 32.2. The number of nitrogens with one attached hydrogen (secondary N) is 1. The summed E-state index contributed by atoms with van der Waals surface area (Å²) in [6.45, 7) is 0. The van der Waals surface area contributed by atoms with E-state index in [1.807, 2.05) is 0 Å². The van der Waals surface area contributed by atoms with Crippen LogP contribution in [0.1, 0.15) is 37.7 Å². The third-order valence-electron chi connectivity index (χ3n) is 4.50. The van der Waals surface area contributed by atoms with Crippen LogP contribution >= 0.6 is 11.8 Å². The van der Waals surface area contributed by atoms with Crippen molar-refractivity contribution in [3.05, 3.63) is 29.8 Å². The third kappa shape index (κ3) is 2.75. The minimum atomic E-state index is 0.775. The Morgan fingerprint density at radius 1 is 1.28 bits per heavy atom. The molecule has 0 aromatic heterocycles. The van der Waals surface area contributed by atoms with E-state index in [2.05, 4.69) is 48.4 Å². The van der Waals surface area contributed by atoms with Crippen molar-refractivity contribution in [3.8, 4) is 0 Å². The van der Waals surface area contributed by atoms with Gasteiger partial charge in [-0.1, -0.05) is 31.0 Å². The number of thioether (sulfide) groups is 1. The Labute approximate surface area is 115 Å². The van der Waals surface area contributed by atoms with E-state index >= 15 is 0 Å². The van der Waals surface area contributed by atoms with Crippen molar-refractivity contribution in [3.63, 3.8) is 0 Å². The van der Waals surface area contributed by atoms with Gasteiger partial charge in [0.15, 0.2) is 0 Å². The van der Waals surface area contributed by atoms with Crippen LogP contribution in [0.2, 0.25) is 0 Å². The second-order valence-corrected chi connectivity index (χ2v) is 7.15. The molecule has 0 amide bonds. The van der Waals surface area contributed by atoms with Gasteiger partial charge in [-0.2, -0.15) is 0 Å². The van der Waals surface area contributed by atoms with Crippen molar-refractivity contribution < 1.29 is 0 Å². The van der Waals surface area contributed by atoms with Crippen LogP contribution in [-0.4, -0.2) is 18.3 Å². The van der Waals surface area contributed by atoms with E-state index < -0.39 is 0 Å². The van der Waals surface area contributed by atoms with Crippen LogP contribution in [0.4, 0.5) is 0 Å². The Bertz CT molecular complexity index is 379. The summed E-state index contributed by atoms with van der Waals surface area (Å²) >= 11 is 2.12. The maximum Gasteiger partial charge on any atom is 0.0138 e. The summed E-state index contributed by atoms with van der Waals surface area (Å²) in [6.07, 6.45) is 8.35. The fraction of sp³-hybridized carbons (Fsp3) is 0.625. The second-order valence-electron chi connectivity index (χ2n) is 5.81. The fourth-order valence-corrected chi connectivity index (χ4v) is 4.97. The van der Waals surface area contributed by atoms with Crippen LogP contribution in [0.25, 0.3) is 0 Å². The Morgan fingerprint density at radius 3 is 3.00 bits per heavy atom. The topological polar surface area (TPSA) is 12.0 Å². The third-order valence-corrected chi connectivity index (χ3v) is 5.85. The van der Waals surface area contributed by atoms with E-state index in [-0.39, 0.29) is 0 Å². The van der Waals surface area contributed by atoms with Crippen molar-refractivity contribution in [1.82, 2.24) is 5.32 Å². The van der Waals surface area contributed by atoms with Gasteiger partial charge in [0.1, 0.15) is 0 Å². The predicted molar refractivity (Wildman–Crippen MR) is 79.2 cm³/mol. The van der Waals surface area contributed by atoms with Crippen LogP contribution in [0.15, 0.2) is 29.2 Å². The Hall–Kier alpha value is -0.470. The summed E-state index contributed by atoms with van der Waals surface area (Å²) in [5.74, 6) is 0.947. The molecule has 18 heavy (non-hydrogen) atoms. The highest BCUT2D eigenvalue weighted by molar-refractivity contribution is 8.00. The lowest BCUT2D eigenvalue weighted by molar-refractivity contribution is 0.281. The second kappa shape index (κ2) is 5.66. The number of hydrogen-bond acceptors (Lipinski definition) is 2. The lowest BCUT2D eigenvalue weighted by Crippen LogP contribution is -2.32. The quantitative estimate of drug-likeness (QED) is 0.886. The highest BCUT2D eigenvalue weighted by Gasteiger charge is 2.27. The molecule has 0 saturated heterocycles. The van der Waals surface area contributed by atoms with Gasteiger partial charge in [0.2, 0.25) is 0 Å². The Balaban J connectivity index is 1.56. The summed E-state index contributed by atoms with van der Waals surface area (Å²) in [6, 6.07) is 9.72. The van der Waals surface area contributed by atoms with Crippen molar-refractivity contribution >= 4 is 11.8 Å². The molecule has 1 aliphatic heterocycles. The molecule has 98 valence electrons. The molecule has 2 heteroatoms.